The Hall–Kier alpha value is -1.29. The number of aromatic nitrogens is 1. The summed E-state index contributed by atoms with van der Waals surface area (Å²) in [5.41, 5.74) is 0.347. The molecule has 0 aliphatic rings. The van der Waals surface area contributed by atoms with Crippen LogP contribution in [0.3, 0.4) is 0 Å². The van der Waals surface area contributed by atoms with Crippen LogP contribution in [0.25, 0.3) is 0 Å². The standard InChI is InChI=1S/C12H17ClN2O2/c1-4-5-10-9(13)6-8(12(17)15-10)11(16)14-7(2)3/h6-7H,4-5H2,1-3H3,(H,14,16)(H,15,17). The first-order valence-electron chi connectivity index (χ1n) is 5.68. The maximum Gasteiger partial charge on any atom is 0.261 e. The van der Waals surface area contributed by atoms with Crippen LogP contribution in [-0.2, 0) is 6.42 Å². The first kappa shape index (κ1) is 13.8. The average Bonchev–Trinajstić information content (AvgIpc) is 2.22. The number of carbonyl (C=O) groups excluding carboxylic acids is 1. The Balaban J connectivity index is 3.07. The zero-order valence-electron chi connectivity index (χ0n) is 10.3. The van der Waals surface area contributed by atoms with Gasteiger partial charge in [0.25, 0.3) is 11.5 Å². The van der Waals surface area contributed by atoms with Gasteiger partial charge in [0, 0.05) is 11.7 Å². The summed E-state index contributed by atoms with van der Waals surface area (Å²) in [6.45, 7) is 5.66. The van der Waals surface area contributed by atoms with E-state index in [-0.39, 0.29) is 11.6 Å². The lowest BCUT2D eigenvalue weighted by atomic mass is 10.2. The molecule has 0 bridgehead atoms. The second-order valence-electron chi connectivity index (χ2n) is 4.22. The molecule has 2 N–H and O–H groups in total. The molecule has 0 saturated heterocycles. The van der Waals surface area contributed by atoms with Gasteiger partial charge in [-0.2, -0.15) is 0 Å². The van der Waals surface area contributed by atoms with E-state index in [9.17, 15) is 9.59 Å². The average molecular weight is 257 g/mol. The van der Waals surface area contributed by atoms with Gasteiger partial charge in [-0.25, -0.2) is 0 Å². The molecule has 1 aromatic rings. The molecule has 1 aromatic heterocycles. The van der Waals surface area contributed by atoms with Gasteiger partial charge in [0.15, 0.2) is 0 Å². The van der Waals surface area contributed by atoms with Crippen molar-refractivity contribution in [1.82, 2.24) is 10.3 Å². The van der Waals surface area contributed by atoms with Crippen molar-refractivity contribution in [3.63, 3.8) is 0 Å². The third-order valence-electron chi connectivity index (χ3n) is 2.23. The molecule has 17 heavy (non-hydrogen) atoms. The van der Waals surface area contributed by atoms with Gasteiger partial charge < -0.3 is 10.3 Å². The maximum atomic E-state index is 11.7. The minimum atomic E-state index is -0.397. The van der Waals surface area contributed by atoms with E-state index in [1.54, 1.807) is 0 Å². The number of hydrogen-bond donors (Lipinski definition) is 2. The van der Waals surface area contributed by atoms with Gasteiger partial charge >= 0.3 is 0 Å². The summed E-state index contributed by atoms with van der Waals surface area (Å²) in [6.07, 6.45) is 1.58. The highest BCUT2D eigenvalue weighted by molar-refractivity contribution is 6.31. The summed E-state index contributed by atoms with van der Waals surface area (Å²) in [5.74, 6) is -0.397. The molecule has 0 saturated carbocycles. The van der Waals surface area contributed by atoms with E-state index in [4.69, 9.17) is 11.6 Å². The molecular formula is C12H17ClN2O2. The molecule has 0 unspecified atom stereocenters. The van der Waals surface area contributed by atoms with Crippen molar-refractivity contribution in [2.45, 2.75) is 39.7 Å². The number of H-pyrrole nitrogens is 1. The molecule has 1 amide bonds. The maximum absolute atomic E-state index is 11.7. The van der Waals surface area contributed by atoms with Crippen molar-refractivity contribution in [2.75, 3.05) is 0 Å². The fourth-order valence-electron chi connectivity index (χ4n) is 1.48. The summed E-state index contributed by atoms with van der Waals surface area (Å²) in [6, 6.07) is 1.42. The summed E-state index contributed by atoms with van der Waals surface area (Å²) in [5, 5.41) is 3.09. The van der Waals surface area contributed by atoms with Crippen molar-refractivity contribution in [3.05, 3.63) is 32.7 Å². The van der Waals surface area contributed by atoms with Gasteiger partial charge in [-0.3, -0.25) is 9.59 Å². The number of nitrogens with one attached hydrogen (secondary N) is 2. The van der Waals surface area contributed by atoms with Gasteiger partial charge in [0.2, 0.25) is 0 Å². The molecule has 4 nitrogen and oxygen atoms in total. The summed E-state index contributed by atoms with van der Waals surface area (Å²) in [4.78, 5) is 26.1. The van der Waals surface area contributed by atoms with Crippen LogP contribution in [-0.4, -0.2) is 16.9 Å². The third kappa shape index (κ3) is 3.60. The quantitative estimate of drug-likeness (QED) is 0.867. The highest BCUT2D eigenvalue weighted by Gasteiger charge is 2.14. The molecule has 0 aliphatic carbocycles. The van der Waals surface area contributed by atoms with Crippen LogP contribution in [0.15, 0.2) is 10.9 Å². The van der Waals surface area contributed by atoms with E-state index in [0.717, 1.165) is 6.42 Å². The second-order valence-corrected chi connectivity index (χ2v) is 4.62. The van der Waals surface area contributed by atoms with E-state index in [1.807, 2.05) is 20.8 Å². The molecule has 0 atom stereocenters. The smallest absolute Gasteiger partial charge is 0.261 e. The molecular weight excluding hydrogens is 240 g/mol. The Morgan fingerprint density at radius 1 is 1.53 bits per heavy atom. The van der Waals surface area contributed by atoms with Crippen LogP contribution in [0.2, 0.25) is 5.02 Å². The number of aryl methyl sites for hydroxylation is 1. The summed E-state index contributed by atoms with van der Waals surface area (Å²) in [7, 11) is 0. The molecule has 1 heterocycles. The fourth-order valence-corrected chi connectivity index (χ4v) is 1.73. The van der Waals surface area contributed by atoms with E-state index in [1.165, 1.54) is 6.07 Å². The molecule has 0 aliphatic heterocycles. The molecule has 0 radical (unpaired) electrons. The second kappa shape index (κ2) is 5.87. The minimum Gasteiger partial charge on any atom is -0.350 e. The number of pyridine rings is 1. The Bertz CT molecular complexity index is 466. The van der Waals surface area contributed by atoms with E-state index >= 15 is 0 Å². The molecule has 0 aromatic carbocycles. The Morgan fingerprint density at radius 3 is 2.71 bits per heavy atom. The van der Waals surface area contributed by atoms with Crippen LogP contribution in [0.4, 0.5) is 0 Å². The Morgan fingerprint density at radius 2 is 2.18 bits per heavy atom. The lowest BCUT2D eigenvalue weighted by molar-refractivity contribution is 0.0941. The molecule has 0 fully saturated rings. The highest BCUT2D eigenvalue weighted by Crippen LogP contribution is 2.14. The molecule has 5 heteroatoms. The Kier molecular flexibility index (Phi) is 4.75. The predicted octanol–water partition coefficient (Wildman–Crippen LogP) is 2.12. The van der Waals surface area contributed by atoms with Crippen LogP contribution in [0.5, 0.6) is 0 Å². The number of aromatic amines is 1. The first-order chi connectivity index (χ1) is 7.95. The minimum absolute atomic E-state index is 0.0176. The number of amides is 1. The summed E-state index contributed by atoms with van der Waals surface area (Å²) >= 11 is 6.01. The van der Waals surface area contributed by atoms with Gasteiger partial charge in [0.1, 0.15) is 5.56 Å². The molecule has 94 valence electrons. The first-order valence-corrected chi connectivity index (χ1v) is 6.06. The zero-order chi connectivity index (χ0) is 13.0. The number of halogens is 1. The predicted molar refractivity (Wildman–Crippen MR) is 68.7 cm³/mol. The van der Waals surface area contributed by atoms with Crippen LogP contribution < -0.4 is 10.9 Å². The normalized spacial score (nSPS) is 10.6. The highest BCUT2D eigenvalue weighted by atomic mass is 35.5. The number of carbonyl (C=O) groups is 1. The number of hydrogen-bond acceptors (Lipinski definition) is 2. The van der Waals surface area contributed by atoms with Gasteiger partial charge in [0.05, 0.1) is 5.02 Å². The van der Waals surface area contributed by atoms with Crippen LogP contribution >= 0.6 is 11.6 Å². The van der Waals surface area contributed by atoms with E-state index in [0.29, 0.717) is 17.1 Å². The Labute approximate surface area is 105 Å². The lowest BCUT2D eigenvalue weighted by Gasteiger charge is -2.09. The van der Waals surface area contributed by atoms with E-state index in [2.05, 4.69) is 10.3 Å². The van der Waals surface area contributed by atoms with Crippen molar-refractivity contribution in [1.29, 1.82) is 0 Å². The number of rotatable bonds is 4. The van der Waals surface area contributed by atoms with Gasteiger partial charge in [-0.1, -0.05) is 24.9 Å². The SMILES string of the molecule is CCCc1[nH]c(=O)c(C(=O)NC(C)C)cc1Cl. The topological polar surface area (TPSA) is 62.0 Å². The van der Waals surface area contributed by atoms with Crippen molar-refractivity contribution >= 4 is 17.5 Å². The van der Waals surface area contributed by atoms with Gasteiger partial charge in [-0.15, -0.1) is 0 Å². The third-order valence-corrected chi connectivity index (χ3v) is 2.57. The van der Waals surface area contributed by atoms with Crippen molar-refractivity contribution in [2.24, 2.45) is 0 Å². The van der Waals surface area contributed by atoms with Crippen LogP contribution in [0, 0.1) is 0 Å². The van der Waals surface area contributed by atoms with Gasteiger partial charge in [-0.05, 0) is 26.3 Å². The summed E-state index contributed by atoms with van der Waals surface area (Å²) < 4.78 is 0. The largest absolute Gasteiger partial charge is 0.350 e. The molecule has 0 spiro atoms. The van der Waals surface area contributed by atoms with Crippen molar-refractivity contribution in [3.8, 4) is 0 Å². The van der Waals surface area contributed by atoms with E-state index < -0.39 is 11.5 Å². The zero-order valence-corrected chi connectivity index (χ0v) is 11.0. The monoisotopic (exact) mass is 256 g/mol. The lowest BCUT2D eigenvalue weighted by Crippen LogP contribution is -2.34. The molecule has 1 rings (SSSR count). The fraction of sp³-hybridized carbons (Fsp3) is 0.500. The van der Waals surface area contributed by atoms with Crippen LogP contribution in [0.1, 0.15) is 43.2 Å². The van der Waals surface area contributed by atoms with Crippen molar-refractivity contribution < 1.29 is 4.79 Å².